The second-order valence-electron chi connectivity index (χ2n) is 13.5. The molecule has 1 N–H and O–H groups in total. The Balaban J connectivity index is 0.000000219. The number of piperidine rings is 1. The summed E-state index contributed by atoms with van der Waals surface area (Å²) in [6.45, 7) is 1.14. The standard InChI is InChI=1S/C20H32NP.C18H18FN2O4S.Au/c1-21(2)19-15-9-10-16-20(19)22(17-11-5-3-6-12-17)18-13-7-4-8-14-18;19-26(23,24)25-17-8-4-5-14(13-17)18(22)21-11-9-16(10-12-21)20-15-6-2-1-3-7-15;/h9-10,15-18H,3-8,11-14H2,1-2H3;2-8,13,16,20H,9-12H2;/q;-1;/p+1. The summed E-state index contributed by atoms with van der Waals surface area (Å²) in [7, 11) is -1.11. The maximum Gasteiger partial charge on any atom is 0.488 e. The maximum absolute atomic E-state index is 12.6. The summed E-state index contributed by atoms with van der Waals surface area (Å²) in [6, 6.07) is 25.7. The monoisotopic (exact) mass is 892 g/mol. The average Bonchev–Trinajstić information content (AvgIpc) is 3.10. The van der Waals surface area contributed by atoms with Crippen molar-refractivity contribution in [3.05, 3.63) is 84.4 Å². The first-order valence-corrected chi connectivity index (χ1v) is 20.5. The molecule has 0 unspecified atom stereocenters. The van der Waals surface area contributed by atoms with Crippen molar-refractivity contribution < 1.29 is 43.7 Å². The number of carbonyl (C=O) groups excluding carboxylic acids is 1. The van der Waals surface area contributed by atoms with Crippen LogP contribution in [0, 0.1) is 6.07 Å². The summed E-state index contributed by atoms with van der Waals surface area (Å²) in [5, 5.41) is 5.18. The van der Waals surface area contributed by atoms with E-state index >= 15 is 0 Å². The molecular weight excluding hydrogens is 841 g/mol. The van der Waals surface area contributed by atoms with Crippen molar-refractivity contribution in [1.29, 1.82) is 0 Å². The fourth-order valence-electron chi connectivity index (χ4n) is 7.63. The van der Waals surface area contributed by atoms with Crippen LogP contribution in [0.3, 0.4) is 0 Å². The predicted molar refractivity (Wildman–Crippen MR) is 197 cm³/mol. The van der Waals surface area contributed by atoms with Crippen LogP contribution in [0.25, 0.3) is 0 Å². The maximum atomic E-state index is 12.6. The molecule has 0 aromatic heterocycles. The van der Waals surface area contributed by atoms with Gasteiger partial charge in [-0.2, -0.15) is 26.6 Å². The minimum atomic E-state index is -5.12. The zero-order chi connectivity index (χ0) is 33.9. The van der Waals surface area contributed by atoms with E-state index in [-0.39, 0.29) is 45.6 Å². The van der Waals surface area contributed by atoms with Crippen molar-refractivity contribution in [2.75, 3.05) is 37.4 Å². The van der Waals surface area contributed by atoms with E-state index < -0.39 is 18.4 Å². The van der Waals surface area contributed by atoms with Crippen molar-refractivity contribution in [2.45, 2.75) is 94.4 Å². The zero-order valence-corrected chi connectivity index (χ0v) is 32.7. The van der Waals surface area contributed by atoms with Crippen LogP contribution in [-0.2, 0) is 32.9 Å². The molecule has 3 aromatic carbocycles. The molecule has 2 aliphatic carbocycles. The fraction of sp³-hybridized carbons (Fsp3) is 0.500. The van der Waals surface area contributed by atoms with E-state index in [1.165, 1.54) is 88.1 Å². The quantitative estimate of drug-likeness (QED) is 0.102. The van der Waals surface area contributed by atoms with E-state index in [4.69, 9.17) is 0 Å². The molecule has 6 rings (SSSR count). The molecule has 1 heterocycles. The van der Waals surface area contributed by atoms with Gasteiger partial charge in [0, 0.05) is 69.1 Å². The molecule has 0 bridgehead atoms. The number of carbonyl (C=O) groups is 1. The summed E-state index contributed by atoms with van der Waals surface area (Å²) in [6.07, 6.45) is 16.5. The molecule has 1 saturated heterocycles. The molecule has 1 amide bonds. The second-order valence-corrected chi connectivity index (χ2v) is 17.6. The van der Waals surface area contributed by atoms with Crippen LogP contribution < -0.4 is 19.7 Å². The van der Waals surface area contributed by atoms with Gasteiger partial charge in [-0.05, 0) is 94.5 Å². The molecule has 11 heteroatoms. The van der Waals surface area contributed by atoms with Gasteiger partial charge in [-0.1, -0.05) is 40.6 Å². The number of benzene rings is 3. The number of likely N-dealkylation sites (tertiary alicyclic amines) is 1. The van der Waals surface area contributed by atoms with E-state index in [9.17, 15) is 17.1 Å². The number of halogens is 1. The van der Waals surface area contributed by atoms with Crippen LogP contribution in [0.5, 0.6) is 5.75 Å². The minimum Gasteiger partial charge on any atom is -0.403 e. The molecule has 2 saturated carbocycles. The molecule has 1 radical (unpaired) electrons. The fourth-order valence-corrected chi connectivity index (χ4v) is 12.5. The van der Waals surface area contributed by atoms with Gasteiger partial charge < -0.3 is 19.3 Å². The number of hydrogen-bond donors (Lipinski definition) is 1. The molecule has 49 heavy (non-hydrogen) atoms. The molecule has 7 nitrogen and oxygen atoms in total. The first kappa shape index (κ1) is 39.4. The Bertz CT molecular complexity index is 1540. The van der Waals surface area contributed by atoms with E-state index in [2.05, 4.69) is 58.8 Å². The van der Waals surface area contributed by atoms with Crippen molar-refractivity contribution >= 4 is 41.0 Å². The van der Waals surface area contributed by atoms with Gasteiger partial charge in [-0.15, -0.1) is 12.1 Å². The summed E-state index contributed by atoms with van der Waals surface area (Å²) in [5.74, 6) is -0.463. The van der Waals surface area contributed by atoms with E-state index in [1.807, 2.05) is 24.3 Å². The molecule has 3 aromatic rings. The van der Waals surface area contributed by atoms with Crippen LogP contribution in [0.2, 0.25) is 0 Å². The van der Waals surface area contributed by atoms with Crippen molar-refractivity contribution in [3.63, 3.8) is 0 Å². The number of nitrogens with zero attached hydrogens (tertiary/aromatic N) is 2. The minimum absolute atomic E-state index is 0. The zero-order valence-electron chi connectivity index (χ0n) is 28.7. The first-order valence-electron chi connectivity index (χ1n) is 17.6. The Morgan fingerprint density at radius 1 is 0.857 bits per heavy atom. The Hall–Kier alpha value is -2.42. The molecule has 0 atom stereocenters. The van der Waals surface area contributed by atoms with Gasteiger partial charge in [-0.25, -0.2) is 0 Å². The van der Waals surface area contributed by atoms with Gasteiger partial charge >= 0.3 is 10.5 Å². The Morgan fingerprint density at radius 3 is 2.02 bits per heavy atom. The van der Waals surface area contributed by atoms with Gasteiger partial charge in [-0.3, -0.25) is 4.79 Å². The number of para-hydroxylation sites is 1. The third-order valence-corrected chi connectivity index (χ3v) is 14.3. The number of amides is 1. The van der Waals surface area contributed by atoms with Crippen LogP contribution in [0.1, 0.15) is 87.4 Å². The summed E-state index contributed by atoms with van der Waals surface area (Å²) in [5.41, 5.74) is 4.85. The van der Waals surface area contributed by atoms with Gasteiger partial charge in [0.05, 0.1) is 17.0 Å². The number of hydrogen-bond acceptors (Lipinski definition) is 6. The van der Waals surface area contributed by atoms with Crippen LogP contribution in [0.15, 0.2) is 72.8 Å². The van der Waals surface area contributed by atoms with Gasteiger partial charge in [0.2, 0.25) is 0 Å². The first-order chi connectivity index (χ1) is 23.2. The molecular formula is C38H51AuFN3O4PS. The van der Waals surface area contributed by atoms with E-state index in [1.54, 1.807) is 16.3 Å². The number of rotatable bonds is 9. The van der Waals surface area contributed by atoms with Crippen LogP contribution in [-0.4, -0.2) is 63.8 Å². The molecule has 3 fully saturated rings. The average molecular weight is 893 g/mol. The van der Waals surface area contributed by atoms with Gasteiger partial charge in [0.15, 0.2) is 0 Å². The smallest absolute Gasteiger partial charge is 0.403 e. The topological polar surface area (TPSA) is 79.0 Å². The van der Waals surface area contributed by atoms with Gasteiger partial charge in [0.25, 0.3) is 5.91 Å². The Labute approximate surface area is 310 Å². The molecule has 271 valence electrons. The SMILES string of the molecule is CN(C)c1ccccc1[PH+](C1CCCCC1)C1CCCCC1.O=C(c1cccc(OS(=O)(=O)F)c1)N1CCC(Nc2cc[c-]cc2)CC1.[Au]. The summed E-state index contributed by atoms with van der Waals surface area (Å²) >= 11 is 0. The number of anilines is 2. The Kier molecular flexibility index (Phi) is 15.5. The molecule has 1 aliphatic heterocycles. The predicted octanol–water partition coefficient (Wildman–Crippen LogP) is 8.05. The third kappa shape index (κ3) is 11.8. The Morgan fingerprint density at radius 2 is 1.45 bits per heavy atom. The molecule has 0 spiro atoms. The largest absolute Gasteiger partial charge is 0.488 e. The number of nitrogens with one attached hydrogen (secondary N) is 1. The second kappa shape index (κ2) is 19.3. The summed E-state index contributed by atoms with van der Waals surface area (Å²) in [4.78, 5) is 16.6. The van der Waals surface area contributed by atoms with E-state index in [0.717, 1.165) is 29.8 Å². The third-order valence-electron chi connectivity index (χ3n) is 9.93. The van der Waals surface area contributed by atoms with Crippen LogP contribution >= 0.6 is 7.92 Å². The van der Waals surface area contributed by atoms with E-state index in [0.29, 0.717) is 13.1 Å². The van der Waals surface area contributed by atoms with Gasteiger partial charge in [0.1, 0.15) is 11.1 Å². The summed E-state index contributed by atoms with van der Waals surface area (Å²) < 4.78 is 38.0. The van der Waals surface area contributed by atoms with Crippen LogP contribution in [0.4, 0.5) is 15.3 Å². The van der Waals surface area contributed by atoms with Crippen molar-refractivity contribution in [3.8, 4) is 5.75 Å². The van der Waals surface area contributed by atoms with Crippen molar-refractivity contribution in [2.24, 2.45) is 0 Å². The molecule has 3 aliphatic rings. The van der Waals surface area contributed by atoms with Crippen molar-refractivity contribution in [1.82, 2.24) is 4.90 Å². The normalized spacial score (nSPS) is 17.8.